The molecule has 1 atom stereocenters. The molecule has 0 spiro atoms. The van der Waals surface area contributed by atoms with Crippen molar-refractivity contribution in [2.75, 3.05) is 13.6 Å². The Morgan fingerprint density at radius 2 is 1.96 bits per heavy atom. The van der Waals surface area contributed by atoms with E-state index in [2.05, 4.69) is 10.3 Å². The van der Waals surface area contributed by atoms with Gasteiger partial charge in [0.15, 0.2) is 0 Å². The number of fused-ring (bicyclic) bond motifs is 1. The molecule has 1 heterocycles. The minimum Gasteiger partial charge on any atom is -0.361 e. The summed E-state index contributed by atoms with van der Waals surface area (Å²) >= 11 is 0. The van der Waals surface area contributed by atoms with Crippen LogP contribution in [0.2, 0.25) is 0 Å². The predicted molar refractivity (Wildman–Crippen MR) is 98.1 cm³/mol. The normalized spacial score (nSPS) is 11.9. The van der Waals surface area contributed by atoms with Gasteiger partial charge >= 0.3 is 0 Å². The SMILES string of the molecule is CC(C)NC(=O)CN(C)C(=O)[C@@H](N)Cc1c[nH]c2ccccc12.Cl. The van der Waals surface area contributed by atoms with Crippen LogP contribution in [0.4, 0.5) is 0 Å². The Morgan fingerprint density at radius 3 is 2.62 bits per heavy atom. The van der Waals surface area contributed by atoms with Gasteiger partial charge in [-0.3, -0.25) is 9.59 Å². The van der Waals surface area contributed by atoms with Crippen molar-refractivity contribution in [2.24, 2.45) is 5.73 Å². The zero-order valence-electron chi connectivity index (χ0n) is 14.2. The summed E-state index contributed by atoms with van der Waals surface area (Å²) in [6.45, 7) is 3.77. The van der Waals surface area contributed by atoms with Gasteiger partial charge in [0.2, 0.25) is 11.8 Å². The molecule has 0 aliphatic carbocycles. The molecule has 7 heteroatoms. The Morgan fingerprint density at radius 1 is 1.29 bits per heavy atom. The lowest BCUT2D eigenvalue weighted by atomic mass is 10.0. The fourth-order valence-corrected chi connectivity index (χ4v) is 2.57. The summed E-state index contributed by atoms with van der Waals surface area (Å²) in [7, 11) is 1.59. The van der Waals surface area contributed by atoms with Gasteiger partial charge in [-0.05, 0) is 31.9 Å². The minimum absolute atomic E-state index is 0. The molecule has 0 saturated heterocycles. The number of benzene rings is 1. The van der Waals surface area contributed by atoms with Crippen LogP contribution in [0, 0.1) is 0 Å². The van der Waals surface area contributed by atoms with E-state index in [1.807, 2.05) is 44.3 Å². The van der Waals surface area contributed by atoms with Gasteiger partial charge < -0.3 is 20.9 Å². The maximum atomic E-state index is 12.3. The first-order chi connectivity index (χ1) is 10.9. The predicted octanol–water partition coefficient (Wildman–Crippen LogP) is 1.44. The summed E-state index contributed by atoms with van der Waals surface area (Å²) in [6.07, 6.45) is 2.31. The molecule has 24 heavy (non-hydrogen) atoms. The monoisotopic (exact) mass is 352 g/mol. The highest BCUT2D eigenvalue weighted by Gasteiger charge is 2.21. The molecule has 4 N–H and O–H groups in total. The summed E-state index contributed by atoms with van der Waals surface area (Å²) < 4.78 is 0. The summed E-state index contributed by atoms with van der Waals surface area (Å²) in [5.74, 6) is -0.427. The van der Waals surface area contributed by atoms with Crippen LogP contribution in [0.1, 0.15) is 19.4 Å². The quantitative estimate of drug-likeness (QED) is 0.734. The van der Waals surface area contributed by atoms with Crippen molar-refractivity contribution in [1.82, 2.24) is 15.2 Å². The summed E-state index contributed by atoms with van der Waals surface area (Å²) in [5.41, 5.74) is 8.06. The number of rotatable bonds is 6. The van der Waals surface area contributed by atoms with Crippen molar-refractivity contribution in [3.63, 3.8) is 0 Å². The molecule has 0 aliphatic rings. The van der Waals surface area contributed by atoms with E-state index in [4.69, 9.17) is 5.73 Å². The molecule has 0 saturated carbocycles. The Balaban J connectivity index is 0.00000288. The number of halogens is 1. The van der Waals surface area contributed by atoms with Crippen LogP contribution < -0.4 is 11.1 Å². The third-order valence-corrected chi connectivity index (χ3v) is 3.64. The molecule has 132 valence electrons. The van der Waals surface area contributed by atoms with Crippen molar-refractivity contribution in [3.8, 4) is 0 Å². The van der Waals surface area contributed by atoms with Crippen molar-refractivity contribution in [1.29, 1.82) is 0 Å². The van der Waals surface area contributed by atoms with E-state index in [9.17, 15) is 9.59 Å². The van der Waals surface area contributed by atoms with Crippen LogP contribution in [0.3, 0.4) is 0 Å². The van der Waals surface area contributed by atoms with Gasteiger partial charge in [0, 0.05) is 30.2 Å². The largest absolute Gasteiger partial charge is 0.361 e. The first-order valence-corrected chi connectivity index (χ1v) is 7.73. The summed E-state index contributed by atoms with van der Waals surface area (Å²) in [5, 5.41) is 3.82. The average Bonchev–Trinajstić information content (AvgIpc) is 2.88. The lowest BCUT2D eigenvalue weighted by Gasteiger charge is -2.21. The molecule has 2 aromatic rings. The van der Waals surface area contributed by atoms with E-state index in [-0.39, 0.29) is 36.8 Å². The second kappa shape index (κ2) is 8.70. The number of hydrogen-bond acceptors (Lipinski definition) is 3. The van der Waals surface area contributed by atoms with Crippen LogP contribution in [-0.4, -0.2) is 47.4 Å². The second-order valence-corrected chi connectivity index (χ2v) is 6.09. The number of nitrogens with one attached hydrogen (secondary N) is 2. The van der Waals surface area contributed by atoms with Gasteiger partial charge in [-0.15, -0.1) is 12.4 Å². The van der Waals surface area contributed by atoms with E-state index in [0.29, 0.717) is 6.42 Å². The average molecular weight is 353 g/mol. The lowest BCUT2D eigenvalue weighted by Crippen LogP contribution is -2.47. The van der Waals surface area contributed by atoms with Crippen LogP contribution >= 0.6 is 12.4 Å². The van der Waals surface area contributed by atoms with E-state index in [1.54, 1.807) is 7.05 Å². The number of hydrogen-bond donors (Lipinski definition) is 3. The molecule has 0 radical (unpaired) electrons. The number of carbonyl (C=O) groups is 2. The lowest BCUT2D eigenvalue weighted by molar-refractivity contribution is -0.135. The molecule has 0 aliphatic heterocycles. The third-order valence-electron chi connectivity index (χ3n) is 3.64. The molecule has 6 nitrogen and oxygen atoms in total. The zero-order valence-corrected chi connectivity index (χ0v) is 15.0. The van der Waals surface area contributed by atoms with E-state index >= 15 is 0 Å². The molecular formula is C17H25ClN4O2. The number of carbonyl (C=O) groups excluding carboxylic acids is 2. The maximum absolute atomic E-state index is 12.3. The van der Waals surface area contributed by atoms with E-state index < -0.39 is 6.04 Å². The van der Waals surface area contributed by atoms with Crippen LogP contribution in [-0.2, 0) is 16.0 Å². The number of aromatic amines is 1. The van der Waals surface area contributed by atoms with E-state index in [0.717, 1.165) is 16.5 Å². The first kappa shape index (κ1) is 20.0. The second-order valence-electron chi connectivity index (χ2n) is 6.09. The minimum atomic E-state index is -0.675. The number of amides is 2. The van der Waals surface area contributed by atoms with E-state index in [1.165, 1.54) is 4.90 Å². The third kappa shape index (κ3) is 4.97. The highest BCUT2D eigenvalue weighted by atomic mass is 35.5. The Kier molecular flexibility index (Phi) is 7.25. The number of nitrogens with zero attached hydrogens (tertiary/aromatic N) is 1. The maximum Gasteiger partial charge on any atom is 0.240 e. The summed E-state index contributed by atoms with van der Waals surface area (Å²) in [4.78, 5) is 28.6. The number of likely N-dealkylation sites (N-methyl/N-ethyl adjacent to an activating group) is 1. The van der Waals surface area contributed by atoms with Crippen molar-refractivity contribution >= 4 is 35.1 Å². The molecule has 1 aromatic carbocycles. The number of aromatic nitrogens is 1. The molecule has 2 rings (SSSR count). The Hall–Kier alpha value is -2.05. The fourth-order valence-electron chi connectivity index (χ4n) is 2.57. The Labute approximate surface area is 148 Å². The van der Waals surface area contributed by atoms with Crippen molar-refractivity contribution in [2.45, 2.75) is 32.4 Å². The van der Waals surface area contributed by atoms with Gasteiger partial charge in [-0.2, -0.15) is 0 Å². The number of para-hydroxylation sites is 1. The molecule has 0 bridgehead atoms. The number of nitrogens with two attached hydrogens (primary N) is 1. The molecule has 0 unspecified atom stereocenters. The highest BCUT2D eigenvalue weighted by molar-refractivity contribution is 5.89. The standard InChI is InChI=1S/C17H24N4O2.ClH/c1-11(2)20-16(22)10-21(3)17(23)14(18)8-12-9-19-15-7-5-4-6-13(12)15;/h4-7,9,11,14,19H,8,10,18H2,1-3H3,(H,20,22);1H/t14-;/m0./s1. The van der Waals surface area contributed by atoms with Crippen molar-refractivity contribution < 1.29 is 9.59 Å². The van der Waals surface area contributed by atoms with Gasteiger partial charge in [-0.25, -0.2) is 0 Å². The first-order valence-electron chi connectivity index (χ1n) is 7.73. The van der Waals surface area contributed by atoms with Gasteiger partial charge in [0.05, 0.1) is 12.6 Å². The van der Waals surface area contributed by atoms with Gasteiger partial charge in [0.1, 0.15) is 0 Å². The molecule has 2 amide bonds. The van der Waals surface area contributed by atoms with Crippen LogP contribution in [0.5, 0.6) is 0 Å². The molecular weight excluding hydrogens is 328 g/mol. The fraction of sp³-hybridized carbons (Fsp3) is 0.412. The zero-order chi connectivity index (χ0) is 17.0. The van der Waals surface area contributed by atoms with Crippen LogP contribution in [0.15, 0.2) is 30.5 Å². The Bertz CT molecular complexity index is 699. The molecule has 0 fully saturated rings. The molecule has 1 aromatic heterocycles. The van der Waals surface area contributed by atoms with Crippen LogP contribution in [0.25, 0.3) is 10.9 Å². The topological polar surface area (TPSA) is 91.2 Å². The van der Waals surface area contributed by atoms with Gasteiger partial charge in [0.25, 0.3) is 0 Å². The smallest absolute Gasteiger partial charge is 0.240 e. The number of H-pyrrole nitrogens is 1. The van der Waals surface area contributed by atoms with Crippen molar-refractivity contribution in [3.05, 3.63) is 36.0 Å². The summed E-state index contributed by atoms with van der Waals surface area (Å²) in [6, 6.07) is 7.26. The highest BCUT2D eigenvalue weighted by Crippen LogP contribution is 2.19. The van der Waals surface area contributed by atoms with Gasteiger partial charge in [-0.1, -0.05) is 18.2 Å².